The third-order valence-corrected chi connectivity index (χ3v) is 5.18. The van der Waals surface area contributed by atoms with Crippen molar-refractivity contribution in [3.63, 3.8) is 0 Å². The zero-order valence-corrected chi connectivity index (χ0v) is 14.0. The van der Waals surface area contributed by atoms with Gasteiger partial charge in [0.05, 0.1) is 10.9 Å². The first-order valence-corrected chi connectivity index (χ1v) is 9.29. The molecule has 0 heterocycles. The molecule has 8 heteroatoms. The molecule has 1 amide bonds. The van der Waals surface area contributed by atoms with Gasteiger partial charge in [0.2, 0.25) is 15.9 Å². The summed E-state index contributed by atoms with van der Waals surface area (Å²) in [5.41, 5.74) is 6.80. The fraction of sp³-hybridized carbons (Fsp3) is 0.462. The molecule has 1 aromatic carbocycles. The monoisotopic (exact) mass is 331 g/mol. The van der Waals surface area contributed by atoms with Gasteiger partial charge in [-0.1, -0.05) is 6.07 Å². The fourth-order valence-corrected chi connectivity index (χ4v) is 3.17. The Hall–Kier alpha value is -1.09. The summed E-state index contributed by atoms with van der Waals surface area (Å²) < 4.78 is 26.0. The van der Waals surface area contributed by atoms with Crippen molar-refractivity contribution in [1.29, 1.82) is 0 Å². The first kappa shape index (κ1) is 18.0. The summed E-state index contributed by atoms with van der Waals surface area (Å²) in [4.78, 5) is 12.1. The SMILES string of the molecule is CNS(=O)(=O)c1cc(NC(=O)[C@@H](N)CCSC)ccc1C. The van der Waals surface area contributed by atoms with Crippen LogP contribution in [0, 0.1) is 6.92 Å². The Morgan fingerprint density at radius 3 is 2.67 bits per heavy atom. The quantitative estimate of drug-likeness (QED) is 0.690. The minimum Gasteiger partial charge on any atom is -0.325 e. The number of benzene rings is 1. The largest absolute Gasteiger partial charge is 0.325 e. The van der Waals surface area contributed by atoms with Crippen LogP contribution in [0.3, 0.4) is 0 Å². The van der Waals surface area contributed by atoms with Crippen molar-refractivity contribution < 1.29 is 13.2 Å². The summed E-state index contributed by atoms with van der Waals surface area (Å²) in [6.45, 7) is 1.69. The Labute approximate surface area is 129 Å². The number of hydrogen-bond donors (Lipinski definition) is 3. The van der Waals surface area contributed by atoms with Crippen molar-refractivity contribution in [3.05, 3.63) is 23.8 Å². The average molecular weight is 331 g/mol. The van der Waals surface area contributed by atoms with Gasteiger partial charge in [0.25, 0.3) is 0 Å². The summed E-state index contributed by atoms with van der Waals surface area (Å²) in [5.74, 6) is 0.475. The molecule has 6 nitrogen and oxygen atoms in total. The van der Waals surface area contributed by atoms with Crippen LogP contribution in [0.15, 0.2) is 23.1 Å². The lowest BCUT2D eigenvalue weighted by molar-refractivity contribution is -0.117. The maximum absolute atomic E-state index is 11.9. The Morgan fingerprint density at radius 1 is 1.43 bits per heavy atom. The minimum atomic E-state index is -3.56. The van der Waals surface area contributed by atoms with Crippen molar-refractivity contribution in [2.75, 3.05) is 24.4 Å². The summed E-state index contributed by atoms with van der Waals surface area (Å²) in [6, 6.07) is 4.12. The zero-order chi connectivity index (χ0) is 16.0. The highest BCUT2D eigenvalue weighted by Crippen LogP contribution is 2.20. The highest BCUT2D eigenvalue weighted by molar-refractivity contribution is 7.98. The van der Waals surface area contributed by atoms with Crippen molar-refractivity contribution >= 4 is 33.4 Å². The number of carbonyl (C=O) groups is 1. The van der Waals surface area contributed by atoms with Gasteiger partial charge in [-0.3, -0.25) is 4.79 Å². The first-order chi connectivity index (χ1) is 9.81. The summed E-state index contributed by atoms with van der Waals surface area (Å²) >= 11 is 1.62. The van der Waals surface area contributed by atoms with E-state index in [2.05, 4.69) is 10.0 Å². The van der Waals surface area contributed by atoms with E-state index in [1.54, 1.807) is 30.8 Å². The molecule has 0 unspecified atom stereocenters. The van der Waals surface area contributed by atoms with Crippen LogP contribution in [0.2, 0.25) is 0 Å². The minimum absolute atomic E-state index is 0.139. The lowest BCUT2D eigenvalue weighted by Gasteiger charge is -2.13. The van der Waals surface area contributed by atoms with E-state index in [1.165, 1.54) is 13.1 Å². The lowest BCUT2D eigenvalue weighted by Crippen LogP contribution is -2.36. The number of carbonyl (C=O) groups excluding carboxylic acids is 1. The van der Waals surface area contributed by atoms with Crippen LogP contribution in [0.4, 0.5) is 5.69 Å². The maximum atomic E-state index is 11.9. The number of sulfonamides is 1. The zero-order valence-electron chi connectivity index (χ0n) is 12.3. The average Bonchev–Trinajstić information content (AvgIpc) is 2.46. The molecule has 1 aromatic rings. The van der Waals surface area contributed by atoms with E-state index >= 15 is 0 Å². The van der Waals surface area contributed by atoms with E-state index in [-0.39, 0.29) is 10.8 Å². The molecule has 21 heavy (non-hydrogen) atoms. The van der Waals surface area contributed by atoms with Gasteiger partial charge in [-0.15, -0.1) is 0 Å². The van der Waals surface area contributed by atoms with Crippen molar-refractivity contribution in [3.8, 4) is 0 Å². The normalized spacial score (nSPS) is 13.0. The molecule has 0 fully saturated rings. The fourth-order valence-electron chi connectivity index (χ4n) is 1.69. The van der Waals surface area contributed by atoms with E-state index in [1.807, 2.05) is 6.26 Å². The van der Waals surface area contributed by atoms with Crippen molar-refractivity contribution in [2.24, 2.45) is 5.73 Å². The molecule has 4 N–H and O–H groups in total. The second kappa shape index (κ2) is 7.79. The van der Waals surface area contributed by atoms with Crippen LogP contribution >= 0.6 is 11.8 Å². The molecule has 1 atom stereocenters. The Kier molecular flexibility index (Phi) is 6.66. The number of aryl methyl sites for hydroxylation is 1. The van der Waals surface area contributed by atoms with Gasteiger partial charge in [-0.05, 0) is 50.1 Å². The summed E-state index contributed by atoms with van der Waals surface area (Å²) in [5, 5.41) is 2.65. The number of nitrogens with two attached hydrogens (primary N) is 1. The Bertz CT molecular complexity index is 603. The van der Waals surface area contributed by atoms with E-state index in [9.17, 15) is 13.2 Å². The molecule has 0 bridgehead atoms. The molecule has 0 spiro atoms. The molecule has 0 aliphatic heterocycles. The van der Waals surface area contributed by atoms with Gasteiger partial charge in [-0.25, -0.2) is 13.1 Å². The molecule has 0 saturated carbocycles. The van der Waals surface area contributed by atoms with E-state index < -0.39 is 16.1 Å². The van der Waals surface area contributed by atoms with E-state index in [4.69, 9.17) is 5.73 Å². The third kappa shape index (κ3) is 4.99. The van der Waals surface area contributed by atoms with E-state index in [0.29, 0.717) is 17.7 Å². The molecular formula is C13H21N3O3S2. The van der Waals surface area contributed by atoms with Crippen LogP contribution in [0.5, 0.6) is 0 Å². The van der Waals surface area contributed by atoms with Crippen molar-refractivity contribution in [2.45, 2.75) is 24.3 Å². The first-order valence-electron chi connectivity index (χ1n) is 6.41. The topological polar surface area (TPSA) is 101 Å². The van der Waals surface area contributed by atoms with Gasteiger partial charge < -0.3 is 11.1 Å². The number of hydrogen-bond acceptors (Lipinski definition) is 5. The molecule has 0 aromatic heterocycles. The molecular weight excluding hydrogens is 310 g/mol. The van der Waals surface area contributed by atoms with E-state index in [0.717, 1.165) is 5.75 Å². The summed E-state index contributed by atoms with van der Waals surface area (Å²) in [7, 11) is -2.21. The van der Waals surface area contributed by atoms with Gasteiger partial charge in [-0.2, -0.15) is 11.8 Å². The standard InChI is InChI=1S/C13H21N3O3S2/c1-9-4-5-10(8-12(9)21(18,19)15-2)16-13(17)11(14)6-7-20-3/h4-5,8,11,15H,6-7,14H2,1-3H3,(H,16,17)/t11-/m0/s1. The van der Waals surface area contributed by atoms with Crippen LogP contribution in [0.1, 0.15) is 12.0 Å². The Balaban J connectivity index is 2.91. The lowest BCUT2D eigenvalue weighted by atomic mass is 10.2. The highest BCUT2D eigenvalue weighted by atomic mass is 32.2. The summed E-state index contributed by atoms with van der Waals surface area (Å²) in [6.07, 6.45) is 2.51. The predicted molar refractivity (Wildman–Crippen MR) is 87.0 cm³/mol. The van der Waals surface area contributed by atoms with Crippen LogP contribution in [0.25, 0.3) is 0 Å². The number of thioether (sulfide) groups is 1. The predicted octanol–water partition coefficient (Wildman–Crippen LogP) is 0.922. The smallest absolute Gasteiger partial charge is 0.241 e. The maximum Gasteiger partial charge on any atom is 0.241 e. The molecule has 0 radical (unpaired) electrons. The number of rotatable bonds is 7. The molecule has 0 aliphatic rings. The van der Waals surface area contributed by atoms with Crippen LogP contribution in [-0.4, -0.2) is 39.4 Å². The van der Waals surface area contributed by atoms with Crippen LogP contribution in [-0.2, 0) is 14.8 Å². The number of nitrogens with one attached hydrogen (secondary N) is 2. The van der Waals surface area contributed by atoms with Crippen LogP contribution < -0.4 is 15.8 Å². The van der Waals surface area contributed by atoms with Gasteiger partial charge >= 0.3 is 0 Å². The highest BCUT2D eigenvalue weighted by Gasteiger charge is 2.17. The third-order valence-electron chi connectivity index (χ3n) is 2.98. The molecule has 118 valence electrons. The van der Waals surface area contributed by atoms with Gasteiger partial charge in [0.15, 0.2) is 0 Å². The van der Waals surface area contributed by atoms with Gasteiger partial charge in [0.1, 0.15) is 0 Å². The number of amides is 1. The Morgan fingerprint density at radius 2 is 2.10 bits per heavy atom. The molecule has 0 aliphatic carbocycles. The second-order valence-electron chi connectivity index (χ2n) is 4.57. The van der Waals surface area contributed by atoms with Crippen molar-refractivity contribution in [1.82, 2.24) is 4.72 Å². The van der Waals surface area contributed by atoms with Gasteiger partial charge in [0, 0.05) is 5.69 Å². The number of anilines is 1. The molecule has 0 saturated heterocycles. The second-order valence-corrected chi connectivity index (χ2v) is 7.41. The molecule has 1 rings (SSSR count).